The van der Waals surface area contributed by atoms with Gasteiger partial charge in [-0.15, -0.1) is 11.3 Å². The number of thiazole rings is 1. The van der Waals surface area contributed by atoms with Gasteiger partial charge in [-0.1, -0.05) is 0 Å². The van der Waals surface area contributed by atoms with Crippen molar-refractivity contribution in [3.63, 3.8) is 0 Å². The lowest BCUT2D eigenvalue weighted by Gasteiger charge is -2.23. The van der Waals surface area contributed by atoms with Gasteiger partial charge in [0.2, 0.25) is 0 Å². The number of hydrogen-bond donors (Lipinski definition) is 1. The van der Waals surface area contributed by atoms with Crippen molar-refractivity contribution in [2.75, 3.05) is 11.9 Å². The number of fused-ring (bicyclic) bond motifs is 1. The minimum Gasteiger partial charge on any atom is -0.408 e. The average Bonchev–Trinajstić information content (AvgIpc) is 3.29. The highest BCUT2D eigenvalue weighted by molar-refractivity contribution is 7.09. The summed E-state index contributed by atoms with van der Waals surface area (Å²) in [5.41, 5.74) is 1.78. The van der Waals surface area contributed by atoms with Crippen molar-refractivity contribution < 1.29 is 9.21 Å². The number of carbonyl (C=O) groups is 1. The minimum atomic E-state index is -0.420. The Morgan fingerprint density at radius 1 is 1.46 bits per heavy atom. The fraction of sp³-hybridized carbons (Fsp3) is 0.312. The summed E-state index contributed by atoms with van der Waals surface area (Å²) in [5.74, 6) is -0.420. The normalized spacial score (nSPS) is 17.5. The van der Waals surface area contributed by atoms with Gasteiger partial charge in [0.25, 0.3) is 0 Å². The molecule has 0 unspecified atom stereocenters. The summed E-state index contributed by atoms with van der Waals surface area (Å²) in [4.78, 5) is 30.4. The largest absolute Gasteiger partial charge is 0.419 e. The second-order valence-corrected chi connectivity index (χ2v) is 6.69. The summed E-state index contributed by atoms with van der Waals surface area (Å²) >= 11 is 1.57. The summed E-state index contributed by atoms with van der Waals surface area (Å²) in [6.07, 6.45) is 3.66. The van der Waals surface area contributed by atoms with Gasteiger partial charge in [0.05, 0.1) is 11.6 Å². The first-order chi connectivity index (χ1) is 11.6. The zero-order valence-electron chi connectivity index (χ0n) is 13.1. The number of aromatic nitrogens is 2. The third kappa shape index (κ3) is 2.48. The number of rotatable bonds is 2. The molecule has 0 bridgehead atoms. The van der Waals surface area contributed by atoms with Gasteiger partial charge >= 0.3 is 11.8 Å². The van der Waals surface area contributed by atoms with Crippen LogP contribution in [0.25, 0.3) is 11.1 Å². The first kappa shape index (κ1) is 14.9. The molecule has 8 heteroatoms. The van der Waals surface area contributed by atoms with E-state index in [1.165, 1.54) is 4.57 Å². The monoisotopic (exact) mass is 344 g/mol. The van der Waals surface area contributed by atoms with Crippen molar-refractivity contribution in [3.8, 4) is 0 Å². The second kappa shape index (κ2) is 5.79. The van der Waals surface area contributed by atoms with Crippen molar-refractivity contribution in [1.82, 2.24) is 14.5 Å². The molecule has 0 saturated carbocycles. The van der Waals surface area contributed by atoms with Crippen LogP contribution in [0.15, 0.2) is 39.0 Å². The first-order valence-electron chi connectivity index (χ1n) is 7.70. The Labute approximate surface area is 141 Å². The SMILES string of the molecule is Cn1c(=O)oc2ccc(NC(=O)N3CCC[C@@H]3c3nccs3)cc21. The molecule has 2 amide bonds. The molecule has 0 aliphatic carbocycles. The molecule has 3 aromatic rings. The predicted octanol–water partition coefficient (Wildman–Crippen LogP) is 2.96. The number of amides is 2. The van der Waals surface area contributed by atoms with Crippen LogP contribution < -0.4 is 11.1 Å². The number of hydrogen-bond acceptors (Lipinski definition) is 5. The molecule has 1 aliphatic heterocycles. The van der Waals surface area contributed by atoms with Crippen molar-refractivity contribution in [2.24, 2.45) is 7.05 Å². The number of nitrogens with one attached hydrogen (secondary N) is 1. The van der Waals surface area contributed by atoms with Crippen molar-refractivity contribution in [2.45, 2.75) is 18.9 Å². The molecule has 2 aromatic heterocycles. The van der Waals surface area contributed by atoms with Gasteiger partial charge in [-0.2, -0.15) is 0 Å². The van der Waals surface area contributed by atoms with Gasteiger partial charge in [0.15, 0.2) is 5.58 Å². The van der Waals surface area contributed by atoms with Gasteiger partial charge < -0.3 is 14.6 Å². The van der Waals surface area contributed by atoms with Crippen LogP contribution in [0.4, 0.5) is 10.5 Å². The molecule has 1 atom stereocenters. The summed E-state index contributed by atoms with van der Waals surface area (Å²) in [6, 6.07) is 5.05. The number of likely N-dealkylation sites (tertiary alicyclic amines) is 1. The molecule has 1 aromatic carbocycles. The molecular weight excluding hydrogens is 328 g/mol. The van der Waals surface area contributed by atoms with E-state index >= 15 is 0 Å². The van der Waals surface area contributed by atoms with Gasteiger partial charge in [0.1, 0.15) is 5.01 Å². The Hall–Kier alpha value is -2.61. The maximum Gasteiger partial charge on any atom is 0.419 e. The Morgan fingerprint density at radius 3 is 3.12 bits per heavy atom. The Bertz CT molecular complexity index is 944. The number of urea groups is 1. The highest BCUT2D eigenvalue weighted by Crippen LogP contribution is 2.33. The van der Waals surface area contributed by atoms with Crippen LogP contribution in [-0.2, 0) is 7.05 Å². The van der Waals surface area contributed by atoms with Crippen molar-refractivity contribution in [1.29, 1.82) is 0 Å². The Kier molecular flexibility index (Phi) is 3.61. The zero-order valence-corrected chi connectivity index (χ0v) is 13.9. The van der Waals surface area contributed by atoms with Crippen LogP contribution >= 0.6 is 11.3 Å². The fourth-order valence-corrected chi connectivity index (χ4v) is 3.85. The standard InChI is InChI=1S/C16H16N4O3S/c1-19-12-9-10(4-5-13(12)23-16(19)22)18-15(21)20-7-2-3-11(20)14-17-6-8-24-14/h4-6,8-9,11H,2-3,7H2,1H3,(H,18,21)/t11-/m1/s1. The maximum atomic E-state index is 12.6. The molecular formula is C16H16N4O3S. The van der Waals surface area contributed by atoms with E-state index in [1.54, 1.807) is 42.8 Å². The molecule has 124 valence electrons. The molecule has 0 radical (unpaired) electrons. The second-order valence-electron chi connectivity index (χ2n) is 5.76. The predicted molar refractivity (Wildman–Crippen MR) is 91.3 cm³/mol. The summed E-state index contributed by atoms with van der Waals surface area (Å²) in [6.45, 7) is 0.711. The van der Waals surface area contributed by atoms with Crippen LogP contribution in [0.2, 0.25) is 0 Å². The lowest BCUT2D eigenvalue weighted by Crippen LogP contribution is -2.34. The van der Waals surface area contributed by atoms with Crippen molar-refractivity contribution in [3.05, 3.63) is 45.3 Å². The lowest BCUT2D eigenvalue weighted by atomic mass is 10.2. The topological polar surface area (TPSA) is 80.4 Å². The Balaban J connectivity index is 1.57. The van der Waals surface area contributed by atoms with Gasteiger partial charge in [-0.05, 0) is 31.0 Å². The van der Waals surface area contributed by atoms with E-state index in [2.05, 4.69) is 10.3 Å². The highest BCUT2D eigenvalue weighted by atomic mass is 32.1. The third-order valence-electron chi connectivity index (χ3n) is 4.29. The molecule has 1 fully saturated rings. The quantitative estimate of drug-likeness (QED) is 0.775. The number of benzene rings is 1. The van der Waals surface area contributed by atoms with Gasteiger partial charge in [-0.3, -0.25) is 4.57 Å². The molecule has 7 nitrogen and oxygen atoms in total. The van der Waals surface area contributed by atoms with Crippen molar-refractivity contribution >= 4 is 34.2 Å². The molecule has 1 saturated heterocycles. The van der Waals surface area contributed by atoms with E-state index in [1.807, 2.05) is 10.3 Å². The molecule has 1 aliphatic rings. The number of aryl methyl sites for hydroxylation is 1. The summed E-state index contributed by atoms with van der Waals surface area (Å²) < 4.78 is 6.52. The summed E-state index contributed by atoms with van der Waals surface area (Å²) in [7, 11) is 1.64. The van der Waals surface area contributed by atoms with Crippen LogP contribution in [0, 0.1) is 0 Å². The number of oxazole rings is 1. The maximum absolute atomic E-state index is 12.6. The van der Waals surface area contributed by atoms with Gasteiger partial charge in [0, 0.05) is 30.9 Å². The number of anilines is 1. The molecule has 3 heterocycles. The number of nitrogens with zero attached hydrogens (tertiary/aromatic N) is 3. The fourth-order valence-electron chi connectivity index (χ4n) is 3.07. The van der Waals surface area contributed by atoms with Crippen LogP contribution in [-0.4, -0.2) is 27.0 Å². The van der Waals surface area contributed by atoms with E-state index in [9.17, 15) is 9.59 Å². The van der Waals surface area contributed by atoms with E-state index in [-0.39, 0.29) is 12.1 Å². The lowest BCUT2D eigenvalue weighted by molar-refractivity contribution is 0.207. The molecule has 0 spiro atoms. The molecule has 4 rings (SSSR count). The van der Waals surface area contributed by atoms with E-state index in [4.69, 9.17) is 4.42 Å². The molecule has 24 heavy (non-hydrogen) atoms. The Morgan fingerprint density at radius 2 is 2.33 bits per heavy atom. The average molecular weight is 344 g/mol. The van der Waals surface area contributed by atoms with E-state index < -0.39 is 5.76 Å². The highest BCUT2D eigenvalue weighted by Gasteiger charge is 2.31. The van der Waals surface area contributed by atoms with Gasteiger partial charge in [-0.25, -0.2) is 14.6 Å². The van der Waals surface area contributed by atoms with Crippen LogP contribution in [0.3, 0.4) is 0 Å². The third-order valence-corrected chi connectivity index (χ3v) is 5.17. The van der Waals surface area contributed by atoms with Crippen LogP contribution in [0.1, 0.15) is 23.9 Å². The van der Waals surface area contributed by atoms with E-state index in [0.29, 0.717) is 23.3 Å². The number of carbonyl (C=O) groups excluding carboxylic acids is 1. The van der Waals surface area contributed by atoms with E-state index in [0.717, 1.165) is 17.8 Å². The minimum absolute atomic E-state index is 0.0343. The first-order valence-corrected chi connectivity index (χ1v) is 8.58. The zero-order chi connectivity index (χ0) is 16.7. The smallest absolute Gasteiger partial charge is 0.408 e. The van der Waals surface area contributed by atoms with Crippen LogP contribution in [0.5, 0.6) is 0 Å². The molecule has 1 N–H and O–H groups in total. The summed E-state index contributed by atoms with van der Waals surface area (Å²) in [5, 5.41) is 5.81.